The van der Waals surface area contributed by atoms with E-state index >= 15 is 0 Å². The molecule has 0 spiro atoms. The molecule has 1 N–H and O–H groups in total. The molecule has 8 nitrogen and oxygen atoms in total. The van der Waals surface area contributed by atoms with Gasteiger partial charge < -0.3 is 24.4 Å². The van der Waals surface area contributed by atoms with Crippen molar-refractivity contribution < 1.29 is 18.8 Å². The number of anilines is 1. The number of nitrogens with one attached hydrogen (secondary N) is 1. The van der Waals surface area contributed by atoms with E-state index in [1.54, 1.807) is 13.0 Å². The number of hydrogen-bond acceptors (Lipinski definition) is 5. The molecule has 0 saturated carbocycles. The van der Waals surface area contributed by atoms with Crippen molar-refractivity contribution in [1.82, 2.24) is 15.0 Å². The summed E-state index contributed by atoms with van der Waals surface area (Å²) in [5, 5.41) is 6.53. The molecule has 1 aromatic rings. The first-order chi connectivity index (χ1) is 11.1. The van der Waals surface area contributed by atoms with Crippen molar-refractivity contribution >= 4 is 17.8 Å². The van der Waals surface area contributed by atoms with E-state index in [2.05, 4.69) is 10.5 Å². The Morgan fingerprint density at radius 3 is 2.43 bits per heavy atom. The van der Waals surface area contributed by atoms with Crippen molar-refractivity contribution in [2.75, 3.05) is 44.7 Å². The standard InChI is InChI=1S/C15H22N4O4/c1-11-10-13(17-23-11)16-14(20)12-2-4-18(5-3-12)15(21)19-6-8-22-9-7-19/h10,12H,2-9H2,1H3,(H,16,17,20). The van der Waals surface area contributed by atoms with E-state index in [-0.39, 0.29) is 17.9 Å². The number of amides is 3. The minimum absolute atomic E-state index is 0.0549. The third-order valence-corrected chi connectivity index (χ3v) is 4.30. The average molecular weight is 322 g/mol. The molecule has 2 saturated heterocycles. The van der Waals surface area contributed by atoms with E-state index in [0.717, 1.165) is 0 Å². The van der Waals surface area contributed by atoms with Crippen LogP contribution in [0, 0.1) is 12.8 Å². The maximum Gasteiger partial charge on any atom is 0.320 e. The molecule has 0 bridgehead atoms. The first-order valence-electron chi connectivity index (χ1n) is 7.99. The lowest BCUT2D eigenvalue weighted by molar-refractivity contribution is -0.121. The first-order valence-corrected chi connectivity index (χ1v) is 7.99. The summed E-state index contributed by atoms with van der Waals surface area (Å²) in [5.74, 6) is 0.947. The van der Waals surface area contributed by atoms with Gasteiger partial charge in [-0.05, 0) is 19.8 Å². The summed E-state index contributed by atoms with van der Waals surface area (Å²) in [6, 6.07) is 1.74. The molecular formula is C15H22N4O4. The monoisotopic (exact) mass is 322 g/mol. The molecule has 126 valence electrons. The van der Waals surface area contributed by atoms with Gasteiger partial charge in [0.15, 0.2) is 5.82 Å². The van der Waals surface area contributed by atoms with Crippen molar-refractivity contribution in [2.45, 2.75) is 19.8 Å². The normalized spacial score (nSPS) is 19.7. The quantitative estimate of drug-likeness (QED) is 0.880. The number of aryl methyl sites for hydroxylation is 1. The van der Waals surface area contributed by atoms with Gasteiger partial charge in [-0.15, -0.1) is 0 Å². The number of ether oxygens (including phenoxy) is 1. The summed E-state index contributed by atoms with van der Waals surface area (Å²) >= 11 is 0. The summed E-state index contributed by atoms with van der Waals surface area (Å²) in [6.07, 6.45) is 1.33. The average Bonchev–Trinajstić information content (AvgIpc) is 3.00. The molecule has 0 aliphatic carbocycles. The number of urea groups is 1. The Labute approximate surface area is 134 Å². The van der Waals surface area contributed by atoms with E-state index in [9.17, 15) is 9.59 Å². The van der Waals surface area contributed by atoms with E-state index in [0.29, 0.717) is 63.8 Å². The molecule has 3 rings (SSSR count). The highest BCUT2D eigenvalue weighted by Crippen LogP contribution is 2.20. The minimum atomic E-state index is -0.0965. The second kappa shape index (κ2) is 6.99. The lowest BCUT2D eigenvalue weighted by Crippen LogP contribution is -2.51. The molecule has 2 aliphatic rings. The van der Waals surface area contributed by atoms with Gasteiger partial charge in [-0.3, -0.25) is 4.79 Å². The number of rotatable bonds is 2. The lowest BCUT2D eigenvalue weighted by Gasteiger charge is -2.36. The molecule has 0 radical (unpaired) electrons. The largest absolute Gasteiger partial charge is 0.378 e. The zero-order chi connectivity index (χ0) is 16.2. The highest BCUT2D eigenvalue weighted by molar-refractivity contribution is 5.91. The summed E-state index contributed by atoms with van der Waals surface area (Å²) in [6.45, 7) is 5.47. The minimum Gasteiger partial charge on any atom is -0.378 e. The van der Waals surface area contributed by atoms with E-state index in [4.69, 9.17) is 9.26 Å². The Morgan fingerprint density at radius 2 is 1.83 bits per heavy atom. The predicted molar refractivity (Wildman–Crippen MR) is 82.0 cm³/mol. The predicted octanol–water partition coefficient (Wildman–Crippen LogP) is 1.09. The maximum atomic E-state index is 12.4. The van der Waals surface area contributed by atoms with Gasteiger partial charge in [0.05, 0.1) is 13.2 Å². The molecule has 0 aromatic carbocycles. The molecule has 2 aliphatic heterocycles. The Kier molecular flexibility index (Phi) is 4.80. The maximum absolute atomic E-state index is 12.4. The highest BCUT2D eigenvalue weighted by Gasteiger charge is 2.30. The van der Waals surface area contributed by atoms with Crippen LogP contribution < -0.4 is 5.32 Å². The number of hydrogen-bond donors (Lipinski definition) is 1. The molecule has 8 heteroatoms. The van der Waals surface area contributed by atoms with Crippen LogP contribution in [0.5, 0.6) is 0 Å². The van der Waals surface area contributed by atoms with Crippen LogP contribution in [0.15, 0.2) is 10.6 Å². The summed E-state index contributed by atoms with van der Waals surface area (Å²) in [5.41, 5.74) is 0. The van der Waals surface area contributed by atoms with Gasteiger partial charge in [0, 0.05) is 38.2 Å². The van der Waals surface area contributed by atoms with Crippen molar-refractivity contribution in [3.8, 4) is 0 Å². The second-order valence-electron chi connectivity index (χ2n) is 5.96. The van der Waals surface area contributed by atoms with Gasteiger partial charge in [-0.1, -0.05) is 5.16 Å². The van der Waals surface area contributed by atoms with E-state index < -0.39 is 0 Å². The zero-order valence-electron chi connectivity index (χ0n) is 13.3. The first kappa shape index (κ1) is 15.8. The van der Waals surface area contributed by atoms with Gasteiger partial charge in [-0.2, -0.15) is 0 Å². The Morgan fingerprint density at radius 1 is 1.17 bits per heavy atom. The highest BCUT2D eigenvalue weighted by atomic mass is 16.5. The fourth-order valence-corrected chi connectivity index (χ4v) is 2.94. The molecule has 0 atom stereocenters. The number of morpholine rings is 1. The molecule has 23 heavy (non-hydrogen) atoms. The number of likely N-dealkylation sites (tertiary alicyclic amines) is 1. The molecule has 3 amide bonds. The topological polar surface area (TPSA) is 87.9 Å². The summed E-state index contributed by atoms with van der Waals surface area (Å²) in [7, 11) is 0. The molecule has 2 fully saturated rings. The smallest absolute Gasteiger partial charge is 0.320 e. The summed E-state index contributed by atoms with van der Waals surface area (Å²) < 4.78 is 10.2. The number of piperidine rings is 1. The van der Waals surface area contributed by atoms with Crippen LogP contribution in [0.4, 0.5) is 10.6 Å². The third kappa shape index (κ3) is 3.82. The summed E-state index contributed by atoms with van der Waals surface area (Å²) in [4.78, 5) is 28.3. The van der Waals surface area contributed by atoms with Crippen LogP contribution in [0.25, 0.3) is 0 Å². The molecule has 1 aromatic heterocycles. The van der Waals surface area contributed by atoms with Crippen molar-refractivity contribution in [3.63, 3.8) is 0 Å². The Balaban J connectivity index is 1.47. The van der Waals surface area contributed by atoms with Crippen molar-refractivity contribution in [3.05, 3.63) is 11.8 Å². The zero-order valence-corrected chi connectivity index (χ0v) is 13.3. The van der Waals surface area contributed by atoms with E-state index in [1.165, 1.54) is 0 Å². The molecular weight excluding hydrogens is 300 g/mol. The lowest BCUT2D eigenvalue weighted by atomic mass is 9.96. The second-order valence-corrected chi connectivity index (χ2v) is 5.96. The number of carbonyl (C=O) groups excluding carboxylic acids is 2. The number of nitrogens with zero attached hydrogens (tertiary/aromatic N) is 3. The van der Waals surface area contributed by atoms with Crippen LogP contribution in [0.1, 0.15) is 18.6 Å². The van der Waals surface area contributed by atoms with Gasteiger partial charge in [0.2, 0.25) is 5.91 Å². The van der Waals surface area contributed by atoms with Gasteiger partial charge in [0.1, 0.15) is 5.76 Å². The van der Waals surface area contributed by atoms with Crippen LogP contribution in [0.2, 0.25) is 0 Å². The third-order valence-electron chi connectivity index (χ3n) is 4.30. The molecule has 0 unspecified atom stereocenters. The van der Waals surface area contributed by atoms with Crippen LogP contribution >= 0.6 is 0 Å². The SMILES string of the molecule is Cc1cc(NC(=O)C2CCN(C(=O)N3CCOCC3)CC2)no1. The fourth-order valence-electron chi connectivity index (χ4n) is 2.94. The number of carbonyl (C=O) groups is 2. The Hall–Kier alpha value is -2.09. The van der Waals surface area contributed by atoms with Gasteiger partial charge in [0.25, 0.3) is 0 Å². The van der Waals surface area contributed by atoms with Gasteiger partial charge in [-0.25, -0.2) is 4.79 Å². The Bertz CT molecular complexity index is 560. The van der Waals surface area contributed by atoms with Gasteiger partial charge >= 0.3 is 6.03 Å². The van der Waals surface area contributed by atoms with Crippen LogP contribution in [-0.2, 0) is 9.53 Å². The molecule has 3 heterocycles. The number of aromatic nitrogens is 1. The fraction of sp³-hybridized carbons (Fsp3) is 0.667. The van der Waals surface area contributed by atoms with Crippen LogP contribution in [0.3, 0.4) is 0 Å². The van der Waals surface area contributed by atoms with Crippen molar-refractivity contribution in [2.24, 2.45) is 5.92 Å². The van der Waals surface area contributed by atoms with E-state index in [1.807, 2.05) is 9.80 Å². The van der Waals surface area contributed by atoms with Crippen molar-refractivity contribution in [1.29, 1.82) is 0 Å². The van der Waals surface area contributed by atoms with Crippen LogP contribution in [-0.4, -0.2) is 66.3 Å².